The number of rotatable bonds is 3. The third kappa shape index (κ3) is 2.84. The van der Waals surface area contributed by atoms with Crippen molar-refractivity contribution in [1.29, 1.82) is 0 Å². The Morgan fingerprint density at radius 2 is 2.27 bits per heavy atom. The Morgan fingerprint density at radius 1 is 1.60 bits per heavy atom. The summed E-state index contributed by atoms with van der Waals surface area (Å²) in [5.74, 6) is 0.267. The van der Waals surface area contributed by atoms with Gasteiger partial charge in [-0.3, -0.25) is 0 Å². The lowest BCUT2D eigenvalue weighted by Crippen LogP contribution is -2.25. The standard InChI is InChI=1S/C8H11ClN2O4/c1-11(2)8(12)14-7-6(9)5(4-13-3)15-10-7/h4H2,1-3H3. The average Bonchev–Trinajstić information content (AvgIpc) is 2.50. The third-order valence-electron chi connectivity index (χ3n) is 1.50. The zero-order valence-corrected chi connectivity index (χ0v) is 9.37. The predicted octanol–water partition coefficient (Wildman–Crippen LogP) is 1.53. The van der Waals surface area contributed by atoms with Gasteiger partial charge in [0.05, 0.1) is 0 Å². The number of carbonyl (C=O) groups excluding carboxylic acids is 1. The quantitative estimate of drug-likeness (QED) is 0.794. The van der Waals surface area contributed by atoms with Crippen molar-refractivity contribution in [2.45, 2.75) is 6.61 Å². The summed E-state index contributed by atoms with van der Waals surface area (Å²) in [5, 5.41) is 3.65. The van der Waals surface area contributed by atoms with E-state index in [1.807, 2.05) is 0 Å². The van der Waals surface area contributed by atoms with E-state index in [2.05, 4.69) is 5.16 Å². The molecule has 0 N–H and O–H groups in total. The molecule has 6 nitrogen and oxygen atoms in total. The summed E-state index contributed by atoms with van der Waals surface area (Å²) < 4.78 is 14.4. The number of hydrogen-bond donors (Lipinski definition) is 0. The molecule has 1 rings (SSSR count). The van der Waals surface area contributed by atoms with Crippen LogP contribution in [0.1, 0.15) is 5.76 Å². The van der Waals surface area contributed by atoms with Crippen LogP contribution >= 0.6 is 11.6 Å². The number of hydrogen-bond acceptors (Lipinski definition) is 5. The Labute approximate surface area is 91.7 Å². The summed E-state index contributed by atoms with van der Waals surface area (Å²) in [6.45, 7) is 0.172. The van der Waals surface area contributed by atoms with Crippen LogP contribution in [0.2, 0.25) is 5.02 Å². The molecule has 0 aliphatic rings. The normalized spacial score (nSPS) is 10.1. The monoisotopic (exact) mass is 234 g/mol. The molecule has 7 heteroatoms. The van der Waals surface area contributed by atoms with Crippen molar-refractivity contribution in [1.82, 2.24) is 10.1 Å². The fraction of sp³-hybridized carbons (Fsp3) is 0.500. The van der Waals surface area contributed by atoms with Gasteiger partial charge >= 0.3 is 6.09 Å². The molecule has 0 spiro atoms. The van der Waals surface area contributed by atoms with Crippen LogP contribution in [-0.4, -0.2) is 37.4 Å². The number of methoxy groups -OCH3 is 1. The van der Waals surface area contributed by atoms with Crippen LogP contribution in [0.4, 0.5) is 4.79 Å². The Hall–Kier alpha value is -1.27. The van der Waals surface area contributed by atoms with E-state index in [4.69, 9.17) is 25.6 Å². The van der Waals surface area contributed by atoms with Crippen LogP contribution in [0.3, 0.4) is 0 Å². The van der Waals surface area contributed by atoms with Crippen LogP contribution in [0.15, 0.2) is 4.52 Å². The lowest BCUT2D eigenvalue weighted by Gasteiger charge is -2.07. The smallest absolute Gasteiger partial charge is 0.386 e. The SMILES string of the molecule is COCc1onc(OC(=O)N(C)C)c1Cl. The fourth-order valence-corrected chi connectivity index (χ4v) is 0.916. The Bertz CT molecular complexity index is 350. The topological polar surface area (TPSA) is 64.8 Å². The Morgan fingerprint density at radius 3 is 2.80 bits per heavy atom. The Balaban J connectivity index is 2.74. The lowest BCUT2D eigenvalue weighted by molar-refractivity contribution is 0.153. The molecule has 0 aliphatic carbocycles. The number of halogens is 1. The largest absolute Gasteiger partial charge is 0.416 e. The second kappa shape index (κ2) is 4.99. The molecule has 0 aliphatic heterocycles. The molecule has 0 saturated carbocycles. The lowest BCUT2D eigenvalue weighted by atomic mass is 10.5. The third-order valence-corrected chi connectivity index (χ3v) is 1.87. The van der Waals surface area contributed by atoms with Crippen molar-refractivity contribution in [3.63, 3.8) is 0 Å². The van der Waals surface area contributed by atoms with Crippen molar-refractivity contribution in [2.24, 2.45) is 0 Å². The van der Waals surface area contributed by atoms with Crippen LogP contribution in [0, 0.1) is 0 Å². The number of aromatic nitrogens is 1. The van der Waals surface area contributed by atoms with Gasteiger partial charge in [0.15, 0.2) is 5.76 Å². The predicted molar refractivity (Wildman–Crippen MR) is 51.9 cm³/mol. The number of amides is 1. The van der Waals surface area contributed by atoms with Crippen molar-refractivity contribution in [3.8, 4) is 5.88 Å². The maximum atomic E-state index is 11.2. The molecule has 0 aromatic carbocycles. The first-order valence-corrected chi connectivity index (χ1v) is 4.46. The van der Waals surface area contributed by atoms with Gasteiger partial charge in [-0.25, -0.2) is 4.79 Å². The first-order chi connectivity index (χ1) is 7.06. The molecule has 0 atom stereocenters. The van der Waals surface area contributed by atoms with Gasteiger partial charge in [-0.15, -0.1) is 0 Å². The second-order valence-corrected chi connectivity index (χ2v) is 3.30. The van der Waals surface area contributed by atoms with E-state index < -0.39 is 6.09 Å². The van der Waals surface area contributed by atoms with E-state index in [-0.39, 0.29) is 17.5 Å². The molecule has 1 amide bonds. The molecule has 15 heavy (non-hydrogen) atoms. The van der Waals surface area contributed by atoms with Gasteiger partial charge in [0.1, 0.15) is 11.6 Å². The van der Waals surface area contributed by atoms with Crippen LogP contribution in [0.25, 0.3) is 0 Å². The summed E-state index contributed by atoms with van der Waals surface area (Å²) in [4.78, 5) is 12.4. The maximum absolute atomic E-state index is 11.2. The van der Waals surface area contributed by atoms with Gasteiger partial charge < -0.3 is 18.9 Å². The minimum absolute atomic E-state index is 0.0533. The summed E-state index contributed by atoms with van der Waals surface area (Å²) in [6, 6.07) is 0. The zero-order chi connectivity index (χ0) is 11.4. The highest BCUT2D eigenvalue weighted by molar-refractivity contribution is 6.32. The molecular formula is C8H11ClN2O4. The highest BCUT2D eigenvalue weighted by atomic mass is 35.5. The van der Waals surface area contributed by atoms with Crippen LogP contribution in [0.5, 0.6) is 5.88 Å². The minimum Gasteiger partial charge on any atom is -0.386 e. The van der Waals surface area contributed by atoms with E-state index in [0.717, 1.165) is 0 Å². The number of carbonyl (C=O) groups is 1. The van der Waals surface area contributed by atoms with E-state index in [9.17, 15) is 4.79 Å². The van der Waals surface area contributed by atoms with E-state index in [1.165, 1.54) is 12.0 Å². The molecule has 0 radical (unpaired) electrons. The van der Waals surface area contributed by atoms with Gasteiger partial charge in [0, 0.05) is 21.2 Å². The molecule has 0 fully saturated rings. The van der Waals surface area contributed by atoms with Gasteiger partial charge in [0.2, 0.25) is 0 Å². The highest BCUT2D eigenvalue weighted by Crippen LogP contribution is 2.27. The van der Waals surface area contributed by atoms with Gasteiger partial charge in [0.25, 0.3) is 5.88 Å². The zero-order valence-electron chi connectivity index (χ0n) is 8.61. The molecule has 84 valence electrons. The average molecular weight is 235 g/mol. The van der Waals surface area contributed by atoms with Crippen molar-refractivity contribution < 1.29 is 18.8 Å². The number of nitrogens with zero attached hydrogens (tertiary/aromatic N) is 2. The molecule has 0 unspecified atom stereocenters. The first kappa shape index (κ1) is 11.8. The molecule has 1 aromatic rings. The summed E-state index contributed by atoms with van der Waals surface area (Å²) >= 11 is 5.82. The van der Waals surface area contributed by atoms with E-state index in [1.54, 1.807) is 14.1 Å². The molecule has 0 saturated heterocycles. The van der Waals surface area contributed by atoms with Crippen LogP contribution in [-0.2, 0) is 11.3 Å². The summed E-state index contributed by atoms with van der Waals surface area (Å²) in [5.41, 5.74) is 0. The van der Waals surface area contributed by atoms with Gasteiger partial charge in [-0.1, -0.05) is 11.6 Å². The van der Waals surface area contributed by atoms with Crippen molar-refractivity contribution in [2.75, 3.05) is 21.2 Å². The number of ether oxygens (including phenoxy) is 2. The first-order valence-electron chi connectivity index (χ1n) is 4.08. The van der Waals surface area contributed by atoms with E-state index >= 15 is 0 Å². The molecule has 1 heterocycles. The van der Waals surface area contributed by atoms with Gasteiger partial charge in [-0.05, 0) is 5.16 Å². The highest BCUT2D eigenvalue weighted by Gasteiger charge is 2.18. The van der Waals surface area contributed by atoms with E-state index in [0.29, 0.717) is 5.76 Å². The molecular weight excluding hydrogens is 224 g/mol. The van der Waals surface area contributed by atoms with Crippen LogP contribution < -0.4 is 4.74 Å². The summed E-state index contributed by atoms with van der Waals surface area (Å²) in [7, 11) is 4.59. The molecule has 0 bridgehead atoms. The van der Waals surface area contributed by atoms with Gasteiger partial charge in [-0.2, -0.15) is 0 Å². The Kier molecular flexibility index (Phi) is 3.93. The van der Waals surface area contributed by atoms with Crippen molar-refractivity contribution >= 4 is 17.7 Å². The second-order valence-electron chi connectivity index (χ2n) is 2.92. The van der Waals surface area contributed by atoms with Crippen molar-refractivity contribution in [3.05, 3.63) is 10.8 Å². The molecule has 1 aromatic heterocycles. The minimum atomic E-state index is -0.575. The summed E-state index contributed by atoms with van der Waals surface area (Å²) in [6.07, 6.45) is -0.575. The fourth-order valence-electron chi connectivity index (χ4n) is 0.754. The maximum Gasteiger partial charge on any atom is 0.416 e.